The van der Waals surface area contributed by atoms with Crippen LogP contribution < -0.4 is 10.6 Å². The lowest BCUT2D eigenvalue weighted by Crippen LogP contribution is -2.40. The van der Waals surface area contributed by atoms with E-state index in [2.05, 4.69) is 41.4 Å². The fourth-order valence-corrected chi connectivity index (χ4v) is 2.82. The molecule has 0 aliphatic heterocycles. The van der Waals surface area contributed by atoms with Gasteiger partial charge in [-0.25, -0.2) is 4.98 Å². The predicted molar refractivity (Wildman–Crippen MR) is 88.6 cm³/mol. The Morgan fingerprint density at radius 2 is 2.05 bits per heavy atom. The number of hydrogen-bond acceptors (Lipinski definition) is 3. The van der Waals surface area contributed by atoms with Crippen LogP contribution in [0.5, 0.6) is 0 Å². The second kappa shape index (κ2) is 9.75. The van der Waals surface area contributed by atoms with E-state index >= 15 is 0 Å². The molecule has 0 amide bonds. The molecule has 20 heavy (non-hydrogen) atoms. The summed E-state index contributed by atoms with van der Waals surface area (Å²) in [6.45, 7) is 8.50. The maximum absolute atomic E-state index is 4.43. The van der Waals surface area contributed by atoms with Crippen molar-refractivity contribution in [3.05, 3.63) is 16.1 Å². The summed E-state index contributed by atoms with van der Waals surface area (Å²) in [5.41, 5.74) is 0. The van der Waals surface area contributed by atoms with Gasteiger partial charge in [0.05, 0.1) is 5.01 Å². The van der Waals surface area contributed by atoms with Crippen LogP contribution in [-0.2, 0) is 12.8 Å². The lowest BCUT2D eigenvalue weighted by Gasteiger charge is -2.16. The maximum atomic E-state index is 4.43. The average molecular weight is 296 g/mol. The Morgan fingerprint density at radius 1 is 1.30 bits per heavy atom. The number of thiazole rings is 1. The first kappa shape index (κ1) is 17.0. The Morgan fingerprint density at radius 3 is 2.60 bits per heavy atom. The Hall–Kier alpha value is -1.10. The van der Waals surface area contributed by atoms with Gasteiger partial charge in [0.15, 0.2) is 5.96 Å². The van der Waals surface area contributed by atoms with Crippen molar-refractivity contribution in [1.82, 2.24) is 15.6 Å². The van der Waals surface area contributed by atoms with Gasteiger partial charge in [0.1, 0.15) is 0 Å². The number of aromatic nitrogens is 1. The third-order valence-corrected chi connectivity index (χ3v) is 4.72. The highest BCUT2D eigenvalue weighted by molar-refractivity contribution is 7.11. The molecule has 114 valence electrons. The first-order valence-corrected chi connectivity index (χ1v) is 8.43. The molecule has 1 heterocycles. The van der Waals surface area contributed by atoms with Crippen LogP contribution in [0.1, 0.15) is 43.5 Å². The molecule has 1 aromatic heterocycles. The van der Waals surface area contributed by atoms with Crippen molar-refractivity contribution >= 4 is 17.3 Å². The van der Waals surface area contributed by atoms with Crippen molar-refractivity contribution < 1.29 is 0 Å². The number of aryl methyl sites for hydroxylation is 1. The molecule has 0 fully saturated rings. The largest absolute Gasteiger partial charge is 0.356 e. The van der Waals surface area contributed by atoms with Gasteiger partial charge in [-0.1, -0.05) is 33.6 Å². The van der Waals surface area contributed by atoms with E-state index in [0.717, 1.165) is 37.8 Å². The van der Waals surface area contributed by atoms with Crippen LogP contribution in [0.25, 0.3) is 0 Å². The van der Waals surface area contributed by atoms with Crippen molar-refractivity contribution in [2.45, 2.75) is 46.5 Å². The van der Waals surface area contributed by atoms with Crippen molar-refractivity contribution in [3.63, 3.8) is 0 Å². The van der Waals surface area contributed by atoms with Gasteiger partial charge in [0, 0.05) is 37.6 Å². The summed E-state index contributed by atoms with van der Waals surface area (Å²) in [6.07, 6.45) is 6.43. The molecule has 0 saturated heterocycles. The van der Waals surface area contributed by atoms with Gasteiger partial charge in [-0.05, 0) is 12.3 Å². The molecular formula is C15H28N4S. The SMILES string of the molecule is CCc1cnc(CCNC(=NC)NCC(CC)CC)s1. The molecular weight excluding hydrogens is 268 g/mol. The van der Waals surface area contributed by atoms with Crippen LogP contribution in [0.3, 0.4) is 0 Å². The number of guanidine groups is 1. The van der Waals surface area contributed by atoms with Crippen LogP contribution >= 0.6 is 11.3 Å². The minimum Gasteiger partial charge on any atom is -0.356 e. The Balaban J connectivity index is 2.27. The molecule has 5 heteroatoms. The Labute approximate surface area is 127 Å². The minimum absolute atomic E-state index is 0.722. The normalized spacial score (nSPS) is 11.9. The van der Waals surface area contributed by atoms with E-state index in [9.17, 15) is 0 Å². The zero-order valence-electron chi connectivity index (χ0n) is 13.2. The summed E-state index contributed by atoms with van der Waals surface area (Å²) in [5.74, 6) is 1.61. The van der Waals surface area contributed by atoms with Crippen LogP contribution in [-0.4, -0.2) is 31.1 Å². The molecule has 0 saturated carbocycles. The average Bonchev–Trinajstić information content (AvgIpc) is 2.94. The van der Waals surface area contributed by atoms with E-state index in [0.29, 0.717) is 0 Å². The smallest absolute Gasteiger partial charge is 0.190 e. The standard InChI is InChI=1S/C15H28N4S/c1-5-12(6-2)10-19-15(16-4)17-9-8-14-18-11-13(7-3)20-14/h11-12H,5-10H2,1-4H3,(H2,16,17,19). The number of nitrogens with zero attached hydrogens (tertiary/aromatic N) is 2. The molecule has 2 N–H and O–H groups in total. The van der Waals surface area contributed by atoms with Crippen molar-refractivity contribution in [1.29, 1.82) is 0 Å². The molecule has 0 unspecified atom stereocenters. The molecule has 0 aliphatic rings. The van der Waals surface area contributed by atoms with Crippen LogP contribution in [0.2, 0.25) is 0 Å². The lowest BCUT2D eigenvalue weighted by molar-refractivity contribution is 0.481. The van der Waals surface area contributed by atoms with E-state index in [1.165, 1.54) is 22.7 Å². The molecule has 0 aliphatic carbocycles. The fraction of sp³-hybridized carbons (Fsp3) is 0.733. The quantitative estimate of drug-likeness (QED) is 0.573. The highest BCUT2D eigenvalue weighted by Crippen LogP contribution is 2.13. The number of aliphatic imine (C=N–C) groups is 1. The van der Waals surface area contributed by atoms with Crippen LogP contribution in [0.15, 0.2) is 11.2 Å². The van der Waals surface area contributed by atoms with Gasteiger partial charge >= 0.3 is 0 Å². The zero-order valence-corrected chi connectivity index (χ0v) is 14.0. The molecule has 4 nitrogen and oxygen atoms in total. The Kier molecular flexibility index (Phi) is 8.26. The van der Waals surface area contributed by atoms with Crippen LogP contribution in [0, 0.1) is 5.92 Å². The number of nitrogens with one attached hydrogen (secondary N) is 2. The molecule has 1 rings (SSSR count). The second-order valence-electron chi connectivity index (χ2n) is 4.89. The van der Waals surface area contributed by atoms with E-state index in [-0.39, 0.29) is 0 Å². The third kappa shape index (κ3) is 5.90. The first-order chi connectivity index (χ1) is 9.73. The van der Waals surface area contributed by atoms with Gasteiger partial charge in [0.2, 0.25) is 0 Å². The monoisotopic (exact) mass is 296 g/mol. The molecule has 0 aromatic carbocycles. The summed E-state index contributed by atoms with van der Waals surface area (Å²) in [6, 6.07) is 0. The van der Waals surface area contributed by atoms with Gasteiger partial charge in [-0.3, -0.25) is 4.99 Å². The highest BCUT2D eigenvalue weighted by Gasteiger charge is 2.05. The predicted octanol–water partition coefficient (Wildman–Crippen LogP) is 2.85. The van der Waals surface area contributed by atoms with Crippen molar-refractivity contribution in [3.8, 4) is 0 Å². The van der Waals surface area contributed by atoms with Crippen molar-refractivity contribution in [2.75, 3.05) is 20.1 Å². The zero-order chi connectivity index (χ0) is 14.8. The summed E-state index contributed by atoms with van der Waals surface area (Å²) < 4.78 is 0. The fourth-order valence-electron chi connectivity index (χ4n) is 1.95. The second-order valence-corrected chi connectivity index (χ2v) is 6.09. The van der Waals surface area contributed by atoms with Gasteiger partial charge in [0.25, 0.3) is 0 Å². The molecule has 0 atom stereocenters. The first-order valence-electron chi connectivity index (χ1n) is 7.61. The van der Waals surface area contributed by atoms with E-state index in [1.807, 2.05) is 13.2 Å². The highest BCUT2D eigenvalue weighted by atomic mass is 32.1. The number of hydrogen-bond donors (Lipinski definition) is 2. The van der Waals surface area contributed by atoms with E-state index in [4.69, 9.17) is 0 Å². The minimum atomic E-state index is 0.722. The van der Waals surface area contributed by atoms with E-state index < -0.39 is 0 Å². The van der Waals surface area contributed by atoms with Crippen molar-refractivity contribution in [2.24, 2.45) is 10.9 Å². The van der Waals surface area contributed by atoms with E-state index in [1.54, 1.807) is 11.3 Å². The molecule has 1 aromatic rings. The summed E-state index contributed by atoms with van der Waals surface area (Å²) >= 11 is 1.81. The molecule has 0 radical (unpaired) electrons. The van der Waals surface area contributed by atoms with Gasteiger partial charge in [-0.15, -0.1) is 11.3 Å². The summed E-state index contributed by atoms with van der Waals surface area (Å²) in [5, 5.41) is 7.95. The van der Waals surface area contributed by atoms with Gasteiger partial charge < -0.3 is 10.6 Å². The van der Waals surface area contributed by atoms with Crippen LogP contribution in [0.4, 0.5) is 0 Å². The Bertz CT molecular complexity index is 396. The molecule has 0 spiro atoms. The number of rotatable bonds is 8. The third-order valence-electron chi connectivity index (χ3n) is 3.52. The maximum Gasteiger partial charge on any atom is 0.190 e. The summed E-state index contributed by atoms with van der Waals surface area (Å²) in [7, 11) is 1.82. The topological polar surface area (TPSA) is 49.3 Å². The van der Waals surface area contributed by atoms with Gasteiger partial charge in [-0.2, -0.15) is 0 Å². The lowest BCUT2D eigenvalue weighted by atomic mass is 10.0. The summed E-state index contributed by atoms with van der Waals surface area (Å²) in [4.78, 5) is 10.0. The molecule has 0 bridgehead atoms.